The Morgan fingerprint density at radius 3 is 2.70 bits per heavy atom. The zero-order valence-electron chi connectivity index (χ0n) is 19.6. The van der Waals surface area contributed by atoms with Crippen molar-refractivity contribution in [2.24, 2.45) is 7.05 Å². The maximum absolute atomic E-state index is 14.0. The van der Waals surface area contributed by atoms with Gasteiger partial charge in [0.15, 0.2) is 0 Å². The average Bonchev–Trinajstić information content (AvgIpc) is 3.13. The lowest BCUT2D eigenvalue weighted by Crippen LogP contribution is -2.37. The molecular formula is C26H32FN5O. The largest absolute Gasteiger partial charge is 0.350 e. The average molecular weight is 450 g/mol. The molecule has 2 aromatic heterocycles. The second-order valence-corrected chi connectivity index (χ2v) is 9.49. The first-order chi connectivity index (χ1) is 16.0. The van der Waals surface area contributed by atoms with Crippen molar-refractivity contribution in [1.82, 2.24) is 24.3 Å². The van der Waals surface area contributed by atoms with Crippen molar-refractivity contribution < 1.29 is 9.18 Å². The third-order valence-corrected chi connectivity index (χ3v) is 7.19. The molecule has 0 spiro atoms. The number of amides is 1. The van der Waals surface area contributed by atoms with E-state index in [-0.39, 0.29) is 17.8 Å². The molecule has 1 aromatic carbocycles. The summed E-state index contributed by atoms with van der Waals surface area (Å²) in [6.45, 7) is 5.24. The number of halogens is 1. The highest BCUT2D eigenvalue weighted by atomic mass is 19.1. The van der Waals surface area contributed by atoms with Gasteiger partial charge >= 0.3 is 0 Å². The van der Waals surface area contributed by atoms with Crippen molar-refractivity contribution in [2.45, 2.75) is 58.0 Å². The normalized spacial score (nSPS) is 19.8. The first-order valence-corrected chi connectivity index (χ1v) is 12.1. The van der Waals surface area contributed by atoms with Crippen LogP contribution < -0.4 is 0 Å². The minimum atomic E-state index is -0.210. The lowest BCUT2D eigenvalue weighted by atomic mass is 10.00. The first-order valence-electron chi connectivity index (χ1n) is 12.1. The van der Waals surface area contributed by atoms with Gasteiger partial charge in [-0.25, -0.2) is 14.4 Å². The lowest BCUT2D eigenvalue weighted by Gasteiger charge is -2.35. The summed E-state index contributed by atoms with van der Waals surface area (Å²) in [5.41, 5.74) is 3.53. The van der Waals surface area contributed by atoms with Gasteiger partial charge in [-0.15, -0.1) is 0 Å². The van der Waals surface area contributed by atoms with Gasteiger partial charge in [-0.1, -0.05) is 6.42 Å². The molecule has 7 heteroatoms. The van der Waals surface area contributed by atoms with Crippen LogP contribution in [-0.2, 0) is 13.6 Å². The van der Waals surface area contributed by atoms with E-state index >= 15 is 0 Å². The fourth-order valence-corrected chi connectivity index (χ4v) is 5.39. The van der Waals surface area contributed by atoms with Gasteiger partial charge in [0.1, 0.15) is 11.6 Å². The molecule has 3 aromatic rings. The Labute approximate surface area is 194 Å². The Bertz CT molecular complexity index is 1170. The Balaban J connectivity index is 1.39. The van der Waals surface area contributed by atoms with Crippen LogP contribution in [0, 0.1) is 12.7 Å². The van der Waals surface area contributed by atoms with E-state index in [9.17, 15) is 9.18 Å². The molecule has 4 heterocycles. The lowest BCUT2D eigenvalue weighted by molar-refractivity contribution is 0.0722. The molecule has 2 saturated heterocycles. The number of fused-ring (bicyclic) bond motifs is 1. The number of rotatable bonds is 4. The Morgan fingerprint density at radius 1 is 1.12 bits per heavy atom. The van der Waals surface area contributed by atoms with Gasteiger partial charge in [0, 0.05) is 50.0 Å². The number of nitrogens with zero attached hydrogens (tertiary/aromatic N) is 5. The summed E-state index contributed by atoms with van der Waals surface area (Å²) in [4.78, 5) is 26.8. The topological polar surface area (TPSA) is 54.3 Å². The molecule has 33 heavy (non-hydrogen) atoms. The Morgan fingerprint density at radius 2 is 1.91 bits per heavy atom. The van der Waals surface area contributed by atoms with E-state index in [2.05, 4.69) is 20.6 Å². The summed E-state index contributed by atoms with van der Waals surface area (Å²) >= 11 is 0. The van der Waals surface area contributed by atoms with Crippen molar-refractivity contribution in [3.8, 4) is 0 Å². The highest BCUT2D eigenvalue weighted by Gasteiger charge is 2.29. The monoisotopic (exact) mass is 449 g/mol. The number of hydrogen-bond donors (Lipinski definition) is 0. The maximum atomic E-state index is 14.0. The molecule has 1 atom stereocenters. The van der Waals surface area contributed by atoms with Crippen molar-refractivity contribution in [1.29, 1.82) is 0 Å². The summed E-state index contributed by atoms with van der Waals surface area (Å²) in [5.74, 6) is 0.629. The number of likely N-dealkylation sites (tertiary alicyclic amines) is 2. The molecule has 0 aliphatic carbocycles. The van der Waals surface area contributed by atoms with Gasteiger partial charge in [-0.3, -0.25) is 9.69 Å². The molecule has 174 valence electrons. The molecule has 0 radical (unpaired) electrons. The molecule has 0 unspecified atom stereocenters. The molecule has 6 nitrogen and oxygen atoms in total. The van der Waals surface area contributed by atoms with Gasteiger partial charge in [-0.05, 0) is 69.3 Å². The van der Waals surface area contributed by atoms with Gasteiger partial charge in [0.25, 0.3) is 5.91 Å². The molecule has 2 aliphatic heterocycles. The minimum absolute atomic E-state index is 0.0528. The molecule has 0 N–H and O–H groups in total. The number of hydrogen-bond acceptors (Lipinski definition) is 4. The van der Waals surface area contributed by atoms with Crippen molar-refractivity contribution in [3.63, 3.8) is 0 Å². The zero-order chi connectivity index (χ0) is 22.9. The predicted octanol–water partition coefficient (Wildman–Crippen LogP) is 4.77. The Kier molecular flexibility index (Phi) is 6.15. The molecule has 0 bridgehead atoms. The van der Waals surface area contributed by atoms with Crippen molar-refractivity contribution >= 4 is 16.8 Å². The fourth-order valence-electron chi connectivity index (χ4n) is 5.39. The standard InChI is InChI=1S/C26H32FN5O/c1-18-22(26(33)31-11-5-3-6-12-31)15-28-25(29-18)24-8-4-7-13-32(24)17-19-16-30(2)23-10-9-20(27)14-21(19)23/h9-10,14-16,24H,3-8,11-13,17H2,1-2H3/t24-/m1/s1. The smallest absolute Gasteiger partial charge is 0.257 e. The van der Waals surface area contributed by atoms with Gasteiger partial charge in [0.2, 0.25) is 0 Å². The first kappa shape index (κ1) is 22.0. The summed E-state index contributed by atoms with van der Waals surface area (Å²) in [6, 6.07) is 5.08. The van der Waals surface area contributed by atoms with Crippen LogP contribution in [0.3, 0.4) is 0 Å². The van der Waals surface area contributed by atoms with Crippen LogP contribution in [0.5, 0.6) is 0 Å². The Hall–Kier alpha value is -2.80. The van der Waals surface area contributed by atoms with E-state index in [0.29, 0.717) is 5.56 Å². The van der Waals surface area contributed by atoms with Crippen molar-refractivity contribution in [3.05, 3.63) is 59.1 Å². The minimum Gasteiger partial charge on any atom is -0.350 e. The highest BCUT2D eigenvalue weighted by Crippen LogP contribution is 2.32. The summed E-state index contributed by atoms with van der Waals surface area (Å²) < 4.78 is 16.0. The van der Waals surface area contributed by atoms with Crippen LogP contribution in [0.25, 0.3) is 10.9 Å². The second-order valence-electron chi connectivity index (χ2n) is 9.49. The third-order valence-electron chi connectivity index (χ3n) is 7.19. The number of piperidine rings is 2. The number of carbonyl (C=O) groups is 1. The van der Waals surface area contributed by atoms with Gasteiger partial charge in [-0.2, -0.15) is 0 Å². The maximum Gasteiger partial charge on any atom is 0.257 e. The van der Waals surface area contributed by atoms with E-state index in [1.807, 2.05) is 24.9 Å². The molecule has 0 saturated carbocycles. The van der Waals surface area contributed by atoms with Crippen molar-refractivity contribution in [2.75, 3.05) is 19.6 Å². The molecule has 1 amide bonds. The summed E-state index contributed by atoms with van der Waals surface area (Å²) in [5, 5.41) is 0.960. The van der Waals surface area contributed by atoms with E-state index in [4.69, 9.17) is 4.98 Å². The van der Waals surface area contributed by atoms with Crippen LogP contribution >= 0.6 is 0 Å². The number of aryl methyl sites for hydroxylation is 2. The van der Waals surface area contributed by atoms with Crippen LogP contribution in [0.1, 0.15) is 72.0 Å². The number of carbonyl (C=O) groups excluding carboxylic acids is 1. The molecule has 5 rings (SSSR count). The van der Waals surface area contributed by atoms with E-state index < -0.39 is 0 Å². The van der Waals surface area contributed by atoms with E-state index in [0.717, 1.165) is 86.3 Å². The summed E-state index contributed by atoms with van der Waals surface area (Å²) in [6.07, 6.45) is 10.4. The van der Waals surface area contributed by atoms with Crippen LogP contribution in [0.15, 0.2) is 30.6 Å². The number of benzene rings is 1. The van der Waals surface area contributed by atoms with Crippen LogP contribution in [0.4, 0.5) is 4.39 Å². The second kappa shape index (κ2) is 9.21. The zero-order valence-corrected chi connectivity index (χ0v) is 19.6. The fraction of sp³-hybridized carbons (Fsp3) is 0.500. The van der Waals surface area contributed by atoms with Crippen LogP contribution in [-0.4, -0.2) is 49.9 Å². The summed E-state index contributed by atoms with van der Waals surface area (Å²) in [7, 11) is 2.00. The highest BCUT2D eigenvalue weighted by molar-refractivity contribution is 5.95. The quantitative estimate of drug-likeness (QED) is 0.576. The SMILES string of the molecule is Cc1nc([C@H]2CCCCN2Cc2cn(C)c3ccc(F)cc23)ncc1C(=O)N1CCCCC1. The van der Waals surface area contributed by atoms with E-state index in [1.165, 1.54) is 12.5 Å². The van der Waals surface area contributed by atoms with E-state index in [1.54, 1.807) is 12.3 Å². The van der Waals surface area contributed by atoms with Gasteiger partial charge < -0.3 is 9.47 Å². The number of aromatic nitrogens is 3. The predicted molar refractivity (Wildman–Crippen MR) is 126 cm³/mol. The third kappa shape index (κ3) is 4.38. The van der Waals surface area contributed by atoms with Crippen LogP contribution in [0.2, 0.25) is 0 Å². The molecule has 2 fully saturated rings. The van der Waals surface area contributed by atoms with Gasteiger partial charge in [0.05, 0.1) is 17.3 Å². The molecule has 2 aliphatic rings. The molecular weight excluding hydrogens is 417 g/mol.